The smallest absolute Gasteiger partial charge is 0.131 e. The van der Waals surface area contributed by atoms with Crippen LogP contribution in [0.1, 0.15) is 5.56 Å². The number of ether oxygens (including phenoxy) is 3. The van der Waals surface area contributed by atoms with E-state index in [1.807, 2.05) is 0 Å². The number of benzene rings is 1. The molecule has 0 amide bonds. The van der Waals surface area contributed by atoms with E-state index >= 15 is 0 Å². The maximum atomic E-state index is 13.4. The molecule has 0 bridgehead atoms. The summed E-state index contributed by atoms with van der Waals surface area (Å²) < 4.78 is 28.7. The van der Waals surface area contributed by atoms with Crippen LogP contribution in [0.5, 0.6) is 5.75 Å². The third kappa shape index (κ3) is 5.52. The highest BCUT2D eigenvalue weighted by molar-refractivity contribution is 5.34. The molecule has 108 valence electrons. The van der Waals surface area contributed by atoms with Crippen molar-refractivity contribution < 1.29 is 23.7 Å². The Morgan fingerprint density at radius 3 is 2.79 bits per heavy atom. The Morgan fingerprint density at radius 1 is 1.32 bits per heavy atom. The maximum Gasteiger partial charge on any atom is 0.131 e. The van der Waals surface area contributed by atoms with Crippen LogP contribution in [0.25, 0.3) is 0 Å². The Kier molecular flexibility index (Phi) is 7.35. The van der Waals surface area contributed by atoms with Gasteiger partial charge in [-0.05, 0) is 12.1 Å². The minimum absolute atomic E-state index is 0.0173. The Bertz CT molecular complexity index is 376. The first-order valence-corrected chi connectivity index (χ1v) is 6.04. The first-order chi connectivity index (χ1) is 9.19. The van der Waals surface area contributed by atoms with E-state index in [0.29, 0.717) is 24.5 Å². The van der Waals surface area contributed by atoms with Crippen molar-refractivity contribution in [3.05, 3.63) is 29.6 Å². The van der Waals surface area contributed by atoms with Gasteiger partial charge in [0.05, 0.1) is 19.8 Å². The molecule has 0 spiro atoms. The second-order valence-electron chi connectivity index (χ2n) is 3.95. The van der Waals surface area contributed by atoms with Gasteiger partial charge in [0.1, 0.15) is 24.3 Å². The summed E-state index contributed by atoms with van der Waals surface area (Å²) in [6.45, 7) is 1.07. The molecule has 0 aliphatic rings. The van der Waals surface area contributed by atoms with Gasteiger partial charge in [-0.15, -0.1) is 0 Å². The molecule has 3 N–H and O–H groups in total. The zero-order chi connectivity index (χ0) is 14.1. The largest absolute Gasteiger partial charge is 0.490 e. The molecule has 1 unspecified atom stereocenters. The summed E-state index contributed by atoms with van der Waals surface area (Å²) in [5, 5.41) is 9.63. The van der Waals surface area contributed by atoms with Gasteiger partial charge < -0.3 is 25.1 Å². The molecule has 0 aromatic heterocycles. The SMILES string of the molecule is COCCOCC(O)COc1cccc(F)c1CN. The lowest BCUT2D eigenvalue weighted by Gasteiger charge is -2.15. The molecular formula is C13H20FNO4. The topological polar surface area (TPSA) is 73.9 Å². The summed E-state index contributed by atoms with van der Waals surface area (Å²) in [5.41, 5.74) is 5.75. The van der Waals surface area contributed by atoms with Crippen LogP contribution in [-0.2, 0) is 16.0 Å². The van der Waals surface area contributed by atoms with Crippen LogP contribution in [-0.4, -0.2) is 44.7 Å². The summed E-state index contributed by atoms with van der Waals surface area (Å²) in [7, 11) is 1.57. The second kappa shape index (κ2) is 8.82. The van der Waals surface area contributed by atoms with E-state index in [2.05, 4.69) is 0 Å². The molecule has 1 aromatic carbocycles. The van der Waals surface area contributed by atoms with E-state index in [1.54, 1.807) is 13.2 Å². The number of rotatable bonds is 9. The molecule has 1 atom stereocenters. The van der Waals surface area contributed by atoms with E-state index in [0.717, 1.165) is 0 Å². The number of hydrogen-bond donors (Lipinski definition) is 2. The van der Waals surface area contributed by atoms with Gasteiger partial charge in [-0.25, -0.2) is 4.39 Å². The summed E-state index contributed by atoms with van der Waals surface area (Å²) in [5.74, 6) is -0.0655. The van der Waals surface area contributed by atoms with Crippen molar-refractivity contribution in [3.63, 3.8) is 0 Å². The quantitative estimate of drug-likeness (QED) is 0.647. The fourth-order valence-corrected chi connectivity index (χ4v) is 1.47. The number of nitrogens with two attached hydrogens (primary N) is 1. The molecule has 0 radical (unpaired) electrons. The Hall–Kier alpha value is -1.21. The molecule has 19 heavy (non-hydrogen) atoms. The van der Waals surface area contributed by atoms with Crippen LogP contribution in [0.15, 0.2) is 18.2 Å². The predicted octanol–water partition coefficient (Wildman–Crippen LogP) is 0.687. The maximum absolute atomic E-state index is 13.4. The van der Waals surface area contributed by atoms with Crippen LogP contribution in [0.2, 0.25) is 0 Å². The number of hydrogen-bond acceptors (Lipinski definition) is 5. The lowest BCUT2D eigenvalue weighted by molar-refractivity contribution is -0.00436. The molecule has 0 aliphatic carbocycles. The summed E-state index contributed by atoms with van der Waals surface area (Å²) in [6.07, 6.45) is -0.786. The minimum Gasteiger partial charge on any atom is -0.490 e. The van der Waals surface area contributed by atoms with Crippen molar-refractivity contribution in [1.82, 2.24) is 0 Å². The van der Waals surface area contributed by atoms with Gasteiger partial charge in [0, 0.05) is 19.2 Å². The molecule has 0 aliphatic heterocycles. The predicted molar refractivity (Wildman–Crippen MR) is 68.5 cm³/mol. The summed E-state index contributed by atoms with van der Waals surface area (Å²) >= 11 is 0. The Labute approximate surface area is 112 Å². The van der Waals surface area contributed by atoms with Crippen molar-refractivity contribution >= 4 is 0 Å². The van der Waals surface area contributed by atoms with Gasteiger partial charge in [-0.2, -0.15) is 0 Å². The molecule has 5 nitrogen and oxygen atoms in total. The molecule has 0 saturated heterocycles. The van der Waals surface area contributed by atoms with Crippen LogP contribution >= 0.6 is 0 Å². The molecule has 0 fully saturated rings. The molecular weight excluding hydrogens is 253 g/mol. The van der Waals surface area contributed by atoms with Crippen LogP contribution < -0.4 is 10.5 Å². The normalized spacial score (nSPS) is 12.4. The lowest BCUT2D eigenvalue weighted by Crippen LogP contribution is -2.24. The Morgan fingerprint density at radius 2 is 2.11 bits per heavy atom. The summed E-state index contributed by atoms with van der Waals surface area (Å²) in [4.78, 5) is 0. The highest BCUT2D eigenvalue weighted by atomic mass is 19.1. The first-order valence-electron chi connectivity index (χ1n) is 6.04. The van der Waals surface area contributed by atoms with E-state index < -0.39 is 11.9 Å². The van der Waals surface area contributed by atoms with Gasteiger partial charge in [0.2, 0.25) is 0 Å². The van der Waals surface area contributed by atoms with Gasteiger partial charge in [0.15, 0.2) is 0 Å². The van der Waals surface area contributed by atoms with Gasteiger partial charge in [0.25, 0.3) is 0 Å². The first kappa shape index (κ1) is 15.8. The second-order valence-corrected chi connectivity index (χ2v) is 3.95. The highest BCUT2D eigenvalue weighted by Gasteiger charge is 2.10. The molecule has 1 aromatic rings. The van der Waals surface area contributed by atoms with Crippen molar-refractivity contribution in [2.75, 3.05) is 33.5 Å². The Balaban J connectivity index is 2.37. The standard InChI is InChI=1S/C13H20FNO4/c1-17-5-6-18-8-10(16)9-19-13-4-2-3-12(14)11(13)7-15/h2-4,10,16H,5-9,15H2,1H3. The van der Waals surface area contributed by atoms with Crippen molar-refractivity contribution in [2.45, 2.75) is 12.6 Å². The van der Waals surface area contributed by atoms with Crippen LogP contribution in [0.3, 0.4) is 0 Å². The third-order valence-corrected chi connectivity index (χ3v) is 2.45. The number of methoxy groups -OCH3 is 1. The zero-order valence-corrected chi connectivity index (χ0v) is 11.0. The summed E-state index contributed by atoms with van der Waals surface area (Å²) in [6, 6.07) is 4.47. The molecule has 1 rings (SSSR count). The number of aliphatic hydroxyl groups excluding tert-OH is 1. The number of aliphatic hydroxyl groups is 1. The average molecular weight is 273 g/mol. The van der Waals surface area contributed by atoms with Gasteiger partial charge >= 0.3 is 0 Å². The van der Waals surface area contributed by atoms with Crippen molar-refractivity contribution in [2.24, 2.45) is 5.73 Å². The zero-order valence-electron chi connectivity index (χ0n) is 11.0. The van der Waals surface area contributed by atoms with Crippen molar-refractivity contribution in [3.8, 4) is 5.75 Å². The fourth-order valence-electron chi connectivity index (χ4n) is 1.47. The fraction of sp³-hybridized carbons (Fsp3) is 0.538. The minimum atomic E-state index is -0.786. The van der Waals surface area contributed by atoms with Gasteiger partial charge in [-0.3, -0.25) is 0 Å². The lowest BCUT2D eigenvalue weighted by atomic mass is 10.2. The molecule has 0 saturated carbocycles. The molecule has 0 heterocycles. The number of halogens is 1. The van der Waals surface area contributed by atoms with E-state index in [9.17, 15) is 9.50 Å². The van der Waals surface area contributed by atoms with Crippen LogP contribution in [0, 0.1) is 5.82 Å². The third-order valence-electron chi connectivity index (χ3n) is 2.45. The molecule has 6 heteroatoms. The van der Waals surface area contributed by atoms with E-state index in [4.69, 9.17) is 19.9 Å². The monoisotopic (exact) mass is 273 g/mol. The van der Waals surface area contributed by atoms with E-state index in [-0.39, 0.29) is 19.8 Å². The van der Waals surface area contributed by atoms with Crippen molar-refractivity contribution in [1.29, 1.82) is 0 Å². The van der Waals surface area contributed by atoms with Gasteiger partial charge in [-0.1, -0.05) is 6.07 Å². The average Bonchev–Trinajstić information content (AvgIpc) is 2.41. The van der Waals surface area contributed by atoms with E-state index in [1.165, 1.54) is 12.1 Å². The van der Waals surface area contributed by atoms with Crippen LogP contribution in [0.4, 0.5) is 4.39 Å². The highest BCUT2D eigenvalue weighted by Crippen LogP contribution is 2.20.